The Labute approximate surface area is 179 Å². The van der Waals surface area contributed by atoms with Gasteiger partial charge in [0.05, 0.1) is 6.61 Å². The van der Waals surface area contributed by atoms with Crippen LogP contribution < -0.4 is 10.1 Å². The van der Waals surface area contributed by atoms with E-state index in [-0.39, 0.29) is 16.7 Å². The van der Waals surface area contributed by atoms with E-state index in [4.69, 9.17) is 4.74 Å². The van der Waals surface area contributed by atoms with E-state index in [1.54, 1.807) is 0 Å². The van der Waals surface area contributed by atoms with Crippen LogP contribution in [-0.2, 0) is 15.6 Å². The molecular weight excluding hydrogens is 358 g/mol. The Kier molecular flexibility index (Phi) is 8.60. The summed E-state index contributed by atoms with van der Waals surface area (Å²) in [6, 6.07) is 7.09. The van der Waals surface area contributed by atoms with Crippen molar-refractivity contribution < 1.29 is 9.53 Å². The molecule has 0 unspecified atom stereocenters. The number of amides is 1. The van der Waals surface area contributed by atoms with E-state index in [0.717, 1.165) is 37.9 Å². The number of hydrogen-bond donors (Lipinski definition) is 1. The maximum absolute atomic E-state index is 12.2. The van der Waals surface area contributed by atoms with Gasteiger partial charge in [-0.05, 0) is 54.6 Å². The highest BCUT2D eigenvalue weighted by Gasteiger charge is 2.26. The summed E-state index contributed by atoms with van der Waals surface area (Å²) < 4.78 is 6.19. The molecule has 1 saturated carbocycles. The first kappa shape index (κ1) is 23.8. The molecule has 3 heteroatoms. The summed E-state index contributed by atoms with van der Waals surface area (Å²) >= 11 is 0. The van der Waals surface area contributed by atoms with Gasteiger partial charge in [-0.25, -0.2) is 0 Å². The van der Waals surface area contributed by atoms with Gasteiger partial charge in [-0.3, -0.25) is 4.79 Å². The summed E-state index contributed by atoms with van der Waals surface area (Å²) in [5.41, 5.74) is 2.88. The van der Waals surface area contributed by atoms with Crippen molar-refractivity contribution in [1.29, 1.82) is 0 Å². The molecule has 1 aliphatic carbocycles. The van der Waals surface area contributed by atoms with Gasteiger partial charge in [-0.15, -0.1) is 0 Å². The lowest BCUT2D eigenvalue weighted by Crippen LogP contribution is -2.36. The van der Waals surface area contributed by atoms with Crippen LogP contribution in [0.1, 0.15) is 110 Å². The highest BCUT2D eigenvalue weighted by atomic mass is 16.5. The monoisotopic (exact) mass is 401 g/mol. The van der Waals surface area contributed by atoms with Gasteiger partial charge in [-0.1, -0.05) is 72.9 Å². The Hall–Kier alpha value is -1.51. The van der Waals surface area contributed by atoms with Gasteiger partial charge in [-0.2, -0.15) is 0 Å². The van der Waals surface area contributed by atoms with Gasteiger partial charge >= 0.3 is 0 Å². The standard InChI is InChI=1S/C26H43NO2/c1-7-25(3,4)20-16-17-23(22(19-20)26(5,6)8-2)29-18-12-15-24(28)27-21-13-10-9-11-14-21/h16-17,19,21H,7-15,18H2,1-6H3,(H,27,28). The fourth-order valence-electron chi connectivity index (χ4n) is 3.96. The number of benzene rings is 1. The Morgan fingerprint density at radius 1 is 1.03 bits per heavy atom. The number of nitrogens with one attached hydrogen (secondary N) is 1. The summed E-state index contributed by atoms with van der Waals surface area (Å²) in [7, 11) is 0. The van der Waals surface area contributed by atoms with Crippen molar-refractivity contribution in [3.63, 3.8) is 0 Å². The molecule has 1 fully saturated rings. The zero-order chi connectivity index (χ0) is 21.5. The van der Waals surface area contributed by atoms with E-state index >= 15 is 0 Å². The van der Waals surface area contributed by atoms with Crippen LogP contribution >= 0.6 is 0 Å². The lowest BCUT2D eigenvalue weighted by molar-refractivity contribution is -0.122. The summed E-state index contributed by atoms with van der Waals surface area (Å²) in [6.45, 7) is 14.2. The minimum Gasteiger partial charge on any atom is -0.493 e. The zero-order valence-electron chi connectivity index (χ0n) is 19.7. The second kappa shape index (κ2) is 10.5. The van der Waals surface area contributed by atoms with E-state index in [0.29, 0.717) is 19.1 Å². The van der Waals surface area contributed by atoms with Crippen LogP contribution in [0.15, 0.2) is 18.2 Å². The second-order valence-electron chi connectivity index (χ2n) is 10.0. The van der Waals surface area contributed by atoms with Crippen molar-refractivity contribution in [2.75, 3.05) is 6.61 Å². The maximum Gasteiger partial charge on any atom is 0.220 e. The van der Waals surface area contributed by atoms with E-state index in [2.05, 4.69) is 65.1 Å². The van der Waals surface area contributed by atoms with Crippen molar-refractivity contribution in [3.05, 3.63) is 29.3 Å². The fourth-order valence-corrected chi connectivity index (χ4v) is 3.96. The SMILES string of the molecule is CCC(C)(C)c1ccc(OCCCC(=O)NC2CCCCC2)c(C(C)(C)CC)c1. The van der Waals surface area contributed by atoms with Gasteiger partial charge in [0.1, 0.15) is 5.75 Å². The Bertz CT molecular complexity index is 657. The summed E-state index contributed by atoms with van der Waals surface area (Å²) in [5, 5.41) is 3.20. The topological polar surface area (TPSA) is 38.3 Å². The quantitative estimate of drug-likeness (QED) is 0.445. The zero-order valence-corrected chi connectivity index (χ0v) is 19.7. The largest absolute Gasteiger partial charge is 0.493 e. The molecule has 0 bridgehead atoms. The van der Waals surface area contributed by atoms with Crippen LogP contribution in [0.5, 0.6) is 5.75 Å². The minimum absolute atomic E-state index is 0.0630. The maximum atomic E-state index is 12.2. The van der Waals surface area contributed by atoms with Gasteiger partial charge < -0.3 is 10.1 Å². The number of rotatable bonds is 10. The fraction of sp³-hybridized carbons (Fsp3) is 0.731. The molecule has 1 aromatic rings. The summed E-state index contributed by atoms with van der Waals surface area (Å²) in [4.78, 5) is 12.2. The highest BCUT2D eigenvalue weighted by Crippen LogP contribution is 2.38. The van der Waals surface area contributed by atoms with Crippen molar-refractivity contribution in [3.8, 4) is 5.75 Å². The van der Waals surface area contributed by atoms with Crippen molar-refractivity contribution in [2.24, 2.45) is 0 Å². The molecule has 1 aromatic carbocycles. The van der Waals surface area contributed by atoms with Crippen LogP contribution in [0.25, 0.3) is 0 Å². The lowest BCUT2D eigenvalue weighted by Gasteiger charge is -2.30. The number of carbonyl (C=O) groups excluding carboxylic acids is 1. The Morgan fingerprint density at radius 2 is 1.69 bits per heavy atom. The first-order chi connectivity index (χ1) is 13.7. The van der Waals surface area contributed by atoms with E-state index in [1.807, 2.05) is 0 Å². The predicted molar refractivity (Wildman–Crippen MR) is 123 cm³/mol. The van der Waals surface area contributed by atoms with Crippen molar-refractivity contribution >= 4 is 5.91 Å². The molecular formula is C26H43NO2. The molecule has 3 nitrogen and oxygen atoms in total. The molecule has 1 N–H and O–H groups in total. The van der Waals surface area contributed by atoms with Crippen LogP contribution in [0, 0.1) is 0 Å². The third-order valence-electron chi connectivity index (χ3n) is 7.03. The molecule has 1 aliphatic rings. The molecule has 1 amide bonds. The lowest BCUT2D eigenvalue weighted by atomic mass is 9.76. The van der Waals surface area contributed by atoms with E-state index in [1.165, 1.54) is 30.4 Å². The van der Waals surface area contributed by atoms with E-state index < -0.39 is 0 Å². The molecule has 0 atom stereocenters. The number of ether oxygens (including phenoxy) is 1. The predicted octanol–water partition coefficient (Wildman–Crippen LogP) is 6.67. The normalized spacial score (nSPS) is 15.9. The molecule has 164 valence electrons. The van der Waals surface area contributed by atoms with Gasteiger partial charge in [0.25, 0.3) is 0 Å². The second-order valence-corrected chi connectivity index (χ2v) is 10.0. The molecule has 0 saturated heterocycles. The summed E-state index contributed by atoms with van der Waals surface area (Å²) in [6.07, 6.45) is 9.54. The average molecular weight is 402 g/mol. The molecule has 2 rings (SSSR count). The van der Waals surface area contributed by atoms with Crippen LogP contribution in [0.2, 0.25) is 0 Å². The third-order valence-corrected chi connectivity index (χ3v) is 7.03. The van der Waals surface area contributed by atoms with Crippen molar-refractivity contribution in [1.82, 2.24) is 5.32 Å². The first-order valence-electron chi connectivity index (χ1n) is 11.8. The molecule has 0 heterocycles. The van der Waals surface area contributed by atoms with Crippen LogP contribution in [0.4, 0.5) is 0 Å². The smallest absolute Gasteiger partial charge is 0.220 e. The minimum atomic E-state index is 0.0630. The molecule has 0 spiro atoms. The van der Waals surface area contributed by atoms with Gasteiger partial charge in [0, 0.05) is 18.0 Å². The van der Waals surface area contributed by atoms with Crippen LogP contribution in [-0.4, -0.2) is 18.6 Å². The van der Waals surface area contributed by atoms with Crippen LogP contribution in [0.3, 0.4) is 0 Å². The van der Waals surface area contributed by atoms with Gasteiger partial charge in [0.15, 0.2) is 0 Å². The Balaban J connectivity index is 1.96. The molecule has 29 heavy (non-hydrogen) atoms. The van der Waals surface area contributed by atoms with Gasteiger partial charge in [0.2, 0.25) is 5.91 Å². The summed E-state index contributed by atoms with van der Waals surface area (Å²) in [5.74, 6) is 1.15. The first-order valence-corrected chi connectivity index (χ1v) is 11.8. The van der Waals surface area contributed by atoms with Crippen molar-refractivity contribution in [2.45, 2.75) is 116 Å². The highest BCUT2D eigenvalue weighted by molar-refractivity contribution is 5.76. The molecule has 0 aromatic heterocycles. The molecule has 0 aliphatic heterocycles. The third kappa shape index (κ3) is 6.76. The number of carbonyl (C=O) groups is 1. The number of hydrogen-bond acceptors (Lipinski definition) is 2. The average Bonchev–Trinajstić information content (AvgIpc) is 2.71. The Morgan fingerprint density at radius 3 is 2.31 bits per heavy atom. The molecule has 0 radical (unpaired) electrons. The van der Waals surface area contributed by atoms with E-state index in [9.17, 15) is 4.79 Å².